The highest BCUT2D eigenvalue weighted by Gasteiger charge is 2.66. The molecule has 146 valence electrons. The van der Waals surface area contributed by atoms with Crippen LogP contribution in [0.4, 0.5) is 0 Å². The van der Waals surface area contributed by atoms with Crippen molar-refractivity contribution in [2.45, 2.75) is 62.0 Å². The molecule has 5 rings (SSSR count). The fourth-order valence-corrected chi connectivity index (χ4v) is 6.75. The molecule has 4 atom stereocenters. The summed E-state index contributed by atoms with van der Waals surface area (Å²) in [6.45, 7) is 2.32. The van der Waals surface area contributed by atoms with Gasteiger partial charge in [-0.05, 0) is 69.0 Å². The third-order valence-corrected chi connectivity index (χ3v) is 8.08. The Bertz CT molecular complexity index is 745. The predicted octanol–water partition coefficient (Wildman–Crippen LogP) is 3.36. The highest BCUT2D eigenvalue weighted by atomic mass is 16.5. The van der Waals surface area contributed by atoms with Crippen molar-refractivity contribution >= 4 is 6.29 Å². The summed E-state index contributed by atoms with van der Waals surface area (Å²) >= 11 is 0. The van der Waals surface area contributed by atoms with E-state index >= 15 is 0 Å². The molecule has 0 radical (unpaired) electrons. The number of carbonyl (C=O) groups excluding carboxylic acids is 1. The first-order chi connectivity index (χ1) is 13.2. The lowest BCUT2D eigenvalue weighted by Gasteiger charge is -2.66. The number of piperidine rings is 1. The van der Waals surface area contributed by atoms with Gasteiger partial charge in [-0.3, -0.25) is 4.90 Å². The molecule has 1 unspecified atom stereocenters. The van der Waals surface area contributed by atoms with Gasteiger partial charge in [-0.25, -0.2) is 0 Å². The summed E-state index contributed by atoms with van der Waals surface area (Å²) in [5.41, 5.74) is 2.42. The fraction of sp³-hybridized carbons (Fsp3) is 0.696. The molecular weight excluding hydrogens is 338 g/mol. The number of methoxy groups -OCH3 is 2. The quantitative estimate of drug-likeness (QED) is 0.746. The van der Waals surface area contributed by atoms with Crippen LogP contribution in [0.3, 0.4) is 0 Å². The summed E-state index contributed by atoms with van der Waals surface area (Å²) in [6.07, 6.45) is 8.84. The zero-order chi connectivity index (χ0) is 18.6. The van der Waals surface area contributed by atoms with Crippen molar-refractivity contribution in [2.24, 2.45) is 11.8 Å². The summed E-state index contributed by atoms with van der Waals surface area (Å²) in [5, 5.41) is 0. The number of nitrogens with zero attached hydrogens (tertiary/aromatic N) is 1. The smallest absolute Gasteiger partial charge is 0.123 e. The molecule has 4 nitrogen and oxygen atoms in total. The number of aldehydes is 1. The third-order valence-electron chi connectivity index (χ3n) is 8.08. The normalized spacial score (nSPS) is 38.0. The van der Waals surface area contributed by atoms with Crippen LogP contribution >= 0.6 is 0 Å². The second-order valence-corrected chi connectivity index (χ2v) is 9.22. The Labute approximate surface area is 162 Å². The highest BCUT2D eigenvalue weighted by Crippen LogP contribution is 2.62. The number of rotatable bonds is 5. The maximum atomic E-state index is 11.8. The van der Waals surface area contributed by atoms with E-state index in [1.165, 1.54) is 36.8 Å². The molecule has 0 N–H and O–H groups in total. The molecule has 0 spiro atoms. The first-order valence-corrected chi connectivity index (χ1v) is 10.6. The molecule has 3 aliphatic carbocycles. The lowest BCUT2D eigenvalue weighted by molar-refractivity contribution is -0.192. The maximum absolute atomic E-state index is 11.8. The largest absolute Gasteiger partial charge is 0.496 e. The van der Waals surface area contributed by atoms with Crippen molar-refractivity contribution in [1.82, 2.24) is 4.90 Å². The van der Waals surface area contributed by atoms with E-state index < -0.39 is 0 Å². The van der Waals surface area contributed by atoms with Gasteiger partial charge in [0.05, 0.1) is 12.7 Å². The van der Waals surface area contributed by atoms with Crippen LogP contribution in [-0.4, -0.2) is 50.1 Å². The highest BCUT2D eigenvalue weighted by molar-refractivity contribution is 5.58. The van der Waals surface area contributed by atoms with Gasteiger partial charge < -0.3 is 14.3 Å². The molecule has 0 aromatic heterocycles. The minimum Gasteiger partial charge on any atom is -0.496 e. The van der Waals surface area contributed by atoms with E-state index in [1.807, 2.05) is 7.11 Å². The Hall–Kier alpha value is -1.39. The molecule has 27 heavy (non-hydrogen) atoms. The first kappa shape index (κ1) is 17.7. The molecule has 1 aromatic rings. The monoisotopic (exact) mass is 369 g/mol. The molecule has 4 heteroatoms. The zero-order valence-electron chi connectivity index (χ0n) is 16.6. The SMILES string of the molecule is COc1cccc2c1[C@]13CCN(CC4CC4)[C@H](C2)[C@]1(OC)CCC(C=O)C3. The van der Waals surface area contributed by atoms with Crippen molar-refractivity contribution in [1.29, 1.82) is 0 Å². The van der Waals surface area contributed by atoms with E-state index in [9.17, 15) is 4.79 Å². The van der Waals surface area contributed by atoms with Gasteiger partial charge in [-0.15, -0.1) is 0 Å². The van der Waals surface area contributed by atoms with E-state index in [0.29, 0.717) is 6.04 Å². The summed E-state index contributed by atoms with van der Waals surface area (Å²) in [4.78, 5) is 14.5. The van der Waals surface area contributed by atoms with Gasteiger partial charge in [-0.2, -0.15) is 0 Å². The fourth-order valence-electron chi connectivity index (χ4n) is 6.75. The van der Waals surface area contributed by atoms with Crippen molar-refractivity contribution in [3.63, 3.8) is 0 Å². The summed E-state index contributed by atoms with van der Waals surface area (Å²) in [5.74, 6) is 1.98. The van der Waals surface area contributed by atoms with Crippen molar-refractivity contribution in [2.75, 3.05) is 27.3 Å². The van der Waals surface area contributed by atoms with Gasteiger partial charge in [0.1, 0.15) is 12.0 Å². The summed E-state index contributed by atoms with van der Waals surface area (Å²) in [6, 6.07) is 6.89. The van der Waals surface area contributed by atoms with E-state index in [-0.39, 0.29) is 16.9 Å². The molecule has 3 fully saturated rings. The van der Waals surface area contributed by atoms with Gasteiger partial charge in [0.15, 0.2) is 0 Å². The van der Waals surface area contributed by atoms with Crippen LogP contribution in [0, 0.1) is 11.8 Å². The lowest BCUT2D eigenvalue weighted by Crippen LogP contribution is -2.74. The Kier molecular flexibility index (Phi) is 4.14. The number of likely N-dealkylation sites (tertiary alicyclic amines) is 1. The van der Waals surface area contributed by atoms with Gasteiger partial charge in [-0.1, -0.05) is 12.1 Å². The van der Waals surface area contributed by atoms with Crippen LogP contribution in [0.5, 0.6) is 5.75 Å². The van der Waals surface area contributed by atoms with Crippen LogP contribution in [0.2, 0.25) is 0 Å². The Morgan fingerprint density at radius 2 is 2.07 bits per heavy atom. The lowest BCUT2D eigenvalue weighted by atomic mass is 9.48. The number of carbonyl (C=O) groups is 1. The minimum absolute atomic E-state index is 0.115. The summed E-state index contributed by atoms with van der Waals surface area (Å²) in [7, 11) is 3.68. The molecule has 1 saturated heterocycles. The van der Waals surface area contributed by atoms with Crippen LogP contribution in [-0.2, 0) is 21.4 Å². The minimum atomic E-state index is -0.207. The van der Waals surface area contributed by atoms with E-state index in [2.05, 4.69) is 23.1 Å². The topological polar surface area (TPSA) is 38.8 Å². The van der Waals surface area contributed by atoms with E-state index in [4.69, 9.17) is 9.47 Å². The second-order valence-electron chi connectivity index (χ2n) is 9.22. The Morgan fingerprint density at radius 1 is 1.22 bits per heavy atom. The average molecular weight is 370 g/mol. The number of fused-ring (bicyclic) bond motifs is 1. The summed E-state index contributed by atoms with van der Waals surface area (Å²) < 4.78 is 12.4. The van der Waals surface area contributed by atoms with Gasteiger partial charge >= 0.3 is 0 Å². The number of benzene rings is 1. The molecule has 1 heterocycles. The molecule has 0 amide bonds. The molecule has 1 aliphatic heterocycles. The zero-order valence-corrected chi connectivity index (χ0v) is 16.6. The van der Waals surface area contributed by atoms with E-state index in [0.717, 1.165) is 50.3 Å². The van der Waals surface area contributed by atoms with Gasteiger partial charge in [0.2, 0.25) is 0 Å². The van der Waals surface area contributed by atoms with Crippen molar-refractivity contribution in [3.8, 4) is 5.75 Å². The molecule has 2 bridgehead atoms. The van der Waals surface area contributed by atoms with Crippen LogP contribution < -0.4 is 4.74 Å². The van der Waals surface area contributed by atoms with Gasteiger partial charge in [0.25, 0.3) is 0 Å². The molecule has 2 saturated carbocycles. The van der Waals surface area contributed by atoms with E-state index in [1.54, 1.807) is 7.11 Å². The molecule has 1 aromatic carbocycles. The molecular formula is C23H31NO3. The number of hydrogen-bond donors (Lipinski definition) is 0. The predicted molar refractivity (Wildman–Crippen MR) is 104 cm³/mol. The number of ether oxygens (including phenoxy) is 2. The van der Waals surface area contributed by atoms with Crippen LogP contribution in [0.1, 0.15) is 49.7 Å². The van der Waals surface area contributed by atoms with Crippen molar-refractivity contribution in [3.05, 3.63) is 29.3 Å². The average Bonchev–Trinajstić information content (AvgIpc) is 3.52. The third kappa shape index (κ3) is 2.39. The maximum Gasteiger partial charge on any atom is 0.123 e. The standard InChI is InChI=1S/C23H31NO3/c1-26-19-5-3-4-18-12-20-23(27-2)9-8-17(15-25)13-22(23,21(18)19)10-11-24(20)14-16-6-7-16/h3-5,15-17,20H,6-14H2,1-2H3/t17?,20-,22-,23-/m1/s1. The van der Waals surface area contributed by atoms with Crippen LogP contribution in [0.15, 0.2) is 18.2 Å². The second kappa shape index (κ2) is 6.31. The van der Waals surface area contributed by atoms with Gasteiger partial charge in [0, 0.05) is 36.6 Å². The first-order valence-electron chi connectivity index (χ1n) is 10.6. The Balaban J connectivity index is 1.69. The Morgan fingerprint density at radius 3 is 2.78 bits per heavy atom. The van der Waals surface area contributed by atoms with Crippen LogP contribution in [0.25, 0.3) is 0 Å². The molecule has 4 aliphatic rings. The number of hydrogen-bond acceptors (Lipinski definition) is 4. The van der Waals surface area contributed by atoms with Crippen molar-refractivity contribution < 1.29 is 14.3 Å².